The lowest BCUT2D eigenvalue weighted by Crippen LogP contribution is -2.26. The highest BCUT2D eigenvalue weighted by atomic mass is 16.6. The summed E-state index contributed by atoms with van der Waals surface area (Å²) in [4.78, 5) is 11.3. The summed E-state index contributed by atoms with van der Waals surface area (Å²) in [7, 11) is 1.39. The number of unbranched alkanes of at least 4 members (excludes halogenated alkanes) is 1. The molecular formula is C12H22O3. The van der Waals surface area contributed by atoms with Crippen molar-refractivity contribution in [2.24, 2.45) is 0 Å². The van der Waals surface area contributed by atoms with Gasteiger partial charge in [-0.3, -0.25) is 0 Å². The van der Waals surface area contributed by atoms with Crippen molar-refractivity contribution in [3.8, 4) is 0 Å². The Morgan fingerprint density at radius 1 is 1.47 bits per heavy atom. The van der Waals surface area contributed by atoms with Crippen LogP contribution in [0.4, 0.5) is 0 Å². The monoisotopic (exact) mass is 214 g/mol. The van der Waals surface area contributed by atoms with Gasteiger partial charge in [0.1, 0.15) is 0 Å². The lowest BCUT2D eigenvalue weighted by Gasteiger charge is -2.15. The maximum atomic E-state index is 11.3. The van der Waals surface area contributed by atoms with Crippen molar-refractivity contribution >= 4 is 5.97 Å². The molecule has 1 atom stereocenters. The molecule has 0 aromatic carbocycles. The molecule has 0 saturated heterocycles. The van der Waals surface area contributed by atoms with Gasteiger partial charge in [-0.05, 0) is 19.8 Å². The van der Waals surface area contributed by atoms with Gasteiger partial charge in [0.25, 0.3) is 0 Å². The van der Waals surface area contributed by atoms with E-state index in [0.717, 1.165) is 31.3 Å². The Hall–Kier alpha value is -0.830. The van der Waals surface area contributed by atoms with Gasteiger partial charge >= 0.3 is 5.97 Å². The smallest absolute Gasteiger partial charge is 0.334 e. The maximum Gasteiger partial charge on any atom is 0.334 e. The SMILES string of the molecule is C=C(C)CCOC(CCCC)C(=O)OC. The second-order valence-corrected chi connectivity index (χ2v) is 3.73. The molecule has 0 N–H and O–H groups in total. The van der Waals surface area contributed by atoms with E-state index in [0.29, 0.717) is 6.61 Å². The van der Waals surface area contributed by atoms with Crippen molar-refractivity contribution in [2.75, 3.05) is 13.7 Å². The van der Waals surface area contributed by atoms with Crippen LogP contribution < -0.4 is 0 Å². The van der Waals surface area contributed by atoms with E-state index < -0.39 is 6.10 Å². The van der Waals surface area contributed by atoms with Crippen LogP contribution >= 0.6 is 0 Å². The van der Waals surface area contributed by atoms with Crippen molar-refractivity contribution < 1.29 is 14.3 Å². The van der Waals surface area contributed by atoms with Crippen LogP contribution in [0.15, 0.2) is 12.2 Å². The van der Waals surface area contributed by atoms with E-state index >= 15 is 0 Å². The third-order valence-corrected chi connectivity index (χ3v) is 2.13. The Bertz CT molecular complexity index is 199. The number of rotatable bonds is 8. The predicted octanol–water partition coefficient (Wildman–Crippen LogP) is 2.70. The minimum atomic E-state index is -0.408. The zero-order chi connectivity index (χ0) is 11.7. The fourth-order valence-corrected chi connectivity index (χ4v) is 1.17. The van der Waals surface area contributed by atoms with Gasteiger partial charge in [0.05, 0.1) is 13.7 Å². The van der Waals surface area contributed by atoms with E-state index in [1.54, 1.807) is 0 Å². The fourth-order valence-electron chi connectivity index (χ4n) is 1.17. The molecule has 0 radical (unpaired) electrons. The van der Waals surface area contributed by atoms with Crippen molar-refractivity contribution in [1.29, 1.82) is 0 Å². The number of carbonyl (C=O) groups excluding carboxylic acids is 1. The van der Waals surface area contributed by atoms with E-state index in [2.05, 4.69) is 18.2 Å². The number of hydrogen-bond acceptors (Lipinski definition) is 3. The summed E-state index contributed by atoms with van der Waals surface area (Å²) in [6.45, 7) is 8.36. The molecule has 0 rings (SSSR count). The van der Waals surface area contributed by atoms with E-state index in [4.69, 9.17) is 4.74 Å². The van der Waals surface area contributed by atoms with Gasteiger partial charge in [0.2, 0.25) is 0 Å². The molecule has 3 nitrogen and oxygen atoms in total. The van der Waals surface area contributed by atoms with Gasteiger partial charge in [-0.2, -0.15) is 0 Å². The topological polar surface area (TPSA) is 35.5 Å². The van der Waals surface area contributed by atoms with Gasteiger partial charge in [0.15, 0.2) is 6.10 Å². The zero-order valence-corrected chi connectivity index (χ0v) is 10.0. The van der Waals surface area contributed by atoms with Crippen LogP contribution in [0.25, 0.3) is 0 Å². The zero-order valence-electron chi connectivity index (χ0n) is 10.0. The van der Waals surface area contributed by atoms with Crippen LogP contribution in [0.3, 0.4) is 0 Å². The third-order valence-electron chi connectivity index (χ3n) is 2.13. The molecule has 0 aliphatic rings. The standard InChI is InChI=1S/C12H22O3/c1-5-6-7-11(12(13)14-4)15-9-8-10(2)3/h11H,2,5-9H2,1,3-4H3. The second-order valence-electron chi connectivity index (χ2n) is 3.73. The minimum absolute atomic E-state index is 0.273. The van der Waals surface area contributed by atoms with Crippen LogP contribution in [0.5, 0.6) is 0 Å². The van der Waals surface area contributed by atoms with Crippen molar-refractivity contribution in [3.05, 3.63) is 12.2 Å². The molecule has 0 aliphatic heterocycles. The Morgan fingerprint density at radius 2 is 2.13 bits per heavy atom. The molecule has 1 unspecified atom stereocenters. The first kappa shape index (κ1) is 14.2. The molecule has 0 aromatic rings. The summed E-state index contributed by atoms with van der Waals surface area (Å²) in [5.41, 5.74) is 1.06. The molecule has 3 heteroatoms. The highest BCUT2D eigenvalue weighted by Crippen LogP contribution is 2.08. The number of esters is 1. The highest BCUT2D eigenvalue weighted by Gasteiger charge is 2.18. The second kappa shape index (κ2) is 8.48. The van der Waals surface area contributed by atoms with Gasteiger partial charge < -0.3 is 9.47 Å². The van der Waals surface area contributed by atoms with Gasteiger partial charge in [-0.25, -0.2) is 4.79 Å². The van der Waals surface area contributed by atoms with Crippen molar-refractivity contribution in [3.63, 3.8) is 0 Å². The molecule has 0 aromatic heterocycles. The quantitative estimate of drug-likeness (QED) is 0.460. The molecule has 15 heavy (non-hydrogen) atoms. The summed E-state index contributed by atoms with van der Waals surface area (Å²) in [5.74, 6) is -0.273. The summed E-state index contributed by atoms with van der Waals surface area (Å²) >= 11 is 0. The first-order valence-electron chi connectivity index (χ1n) is 5.45. The summed E-state index contributed by atoms with van der Waals surface area (Å²) < 4.78 is 10.2. The van der Waals surface area contributed by atoms with Crippen LogP contribution in [0.1, 0.15) is 39.5 Å². The molecule has 0 bridgehead atoms. The Morgan fingerprint density at radius 3 is 2.60 bits per heavy atom. The molecule has 0 heterocycles. The number of methoxy groups -OCH3 is 1. The first-order valence-corrected chi connectivity index (χ1v) is 5.45. The van der Waals surface area contributed by atoms with Crippen LogP contribution in [0.2, 0.25) is 0 Å². The van der Waals surface area contributed by atoms with Gasteiger partial charge in [0, 0.05) is 0 Å². The van der Waals surface area contributed by atoms with Crippen LogP contribution in [-0.4, -0.2) is 25.8 Å². The molecule has 88 valence electrons. The molecule has 0 fully saturated rings. The molecule has 0 amide bonds. The van der Waals surface area contributed by atoms with E-state index in [-0.39, 0.29) is 5.97 Å². The Labute approximate surface area is 92.5 Å². The van der Waals surface area contributed by atoms with Crippen LogP contribution in [0, 0.1) is 0 Å². The molecule has 0 spiro atoms. The third kappa shape index (κ3) is 7.14. The lowest BCUT2D eigenvalue weighted by molar-refractivity contribution is -0.154. The lowest BCUT2D eigenvalue weighted by atomic mass is 10.1. The van der Waals surface area contributed by atoms with E-state index in [9.17, 15) is 4.79 Å². The summed E-state index contributed by atoms with van der Waals surface area (Å²) in [5, 5.41) is 0. The van der Waals surface area contributed by atoms with E-state index in [1.807, 2.05) is 6.92 Å². The van der Waals surface area contributed by atoms with Crippen LogP contribution in [-0.2, 0) is 14.3 Å². The van der Waals surface area contributed by atoms with E-state index in [1.165, 1.54) is 7.11 Å². The number of ether oxygens (including phenoxy) is 2. The average molecular weight is 214 g/mol. The minimum Gasteiger partial charge on any atom is -0.467 e. The number of hydrogen-bond donors (Lipinski definition) is 0. The molecular weight excluding hydrogens is 192 g/mol. The first-order chi connectivity index (χ1) is 7.11. The summed E-state index contributed by atoms with van der Waals surface area (Å²) in [6, 6.07) is 0. The van der Waals surface area contributed by atoms with Crippen molar-refractivity contribution in [1.82, 2.24) is 0 Å². The Kier molecular flexibility index (Phi) is 8.01. The average Bonchev–Trinajstić information content (AvgIpc) is 2.21. The largest absolute Gasteiger partial charge is 0.467 e. The normalized spacial score (nSPS) is 12.2. The van der Waals surface area contributed by atoms with Gasteiger partial charge in [-0.15, -0.1) is 6.58 Å². The highest BCUT2D eigenvalue weighted by molar-refractivity contribution is 5.74. The summed E-state index contributed by atoms with van der Waals surface area (Å²) in [6.07, 6.45) is 3.15. The maximum absolute atomic E-state index is 11.3. The van der Waals surface area contributed by atoms with Crippen molar-refractivity contribution in [2.45, 2.75) is 45.6 Å². The Balaban J connectivity index is 3.89. The number of carbonyl (C=O) groups is 1. The fraction of sp³-hybridized carbons (Fsp3) is 0.750. The molecule has 0 aliphatic carbocycles. The van der Waals surface area contributed by atoms with Gasteiger partial charge in [-0.1, -0.05) is 25.3 Å². The molecule has 0 saturated carbocycles. The predicted molar refractivity (Wildman–Crippen MR) is 60.7 cm³/mol.